The van der Waals surface area contributed by atoms with Crippen LogP contribution in [0.1, 0.15) is 51.3 Å². The number of anilines is 4. The van der Waals surface area contributed by atoms with E-state index in [2.05, 4.69) is 251 Å². The highest BCUT2D eigenvalue weighted by molar-refractivity contribution is 6.09. The van der Waals surface area contributed by atoms with E-state index in [4.69, 9.17) is 9.72 Å². The molecule has 0 bridgehead atoms. The summed E-state index contributed by atoms with van der Waals surface area (Å²) < 4.78 is 28.3. The Balaban J connectivity index is 0.859. The molecule has 0 spiro atoms. The number of nitrogens with zero attached hydrogens (tertiary/aromatic N) is 4. The number of hydrogen-bond acceptors (Lipinski definition) is 4. The van der Waals surface area contributed by atoms with Crippen molar-refractivity contribution in [3.05, 3.63) is 289 Å². The van der Waals surface area contributed by atoms with Crippen LogP contribution in [0.3, 0.4) is 0 Å². The van der Waals surface area contributed by atoms with Crippen molar-refractivity contribution in [1.29, 1.82) is 0 Å². The van der Waals surface area contributed by atoms with Gasteiger partial charge in [0.2, 0.25) is 0 Å². The molecule has 0 saturated carbocycles. The Kier molecular flexibility index (Phi) is 10.5. The highest BCUT2D eigenvalue weighted by Gasteiger charge is 2.46. The molecule has 0 atom stereocenters. The van der Waals surface area contributed by atoms with E-state index in [0.717, 1.165) is 78.2 Å². The van der Waals surface area contributed by atoms with Crippen LogP contribution in [0.25, 0.3) is 61.0 Å². The van der Waals surface area contributed by atoms with Gasteiger partial charge in [0, 0.05) is 48.7 Å². The first kappa shape index (κ1) is 43.9. The third-order valence-corrected chi connectivity index (χ3v) is 15.4. The average Bonchev–Trinajstić information content (AvgIpc) is 3.72. The van der Waals surface area contributed by atoms with Crippen LogP contribution >= 0.6 is 0 Å². The fourth-order valence-corrected chi connectivity index (χ4v) is 12.3. The van der Waals surface area contributed by atoms with Crippen LogP contribution in [-0.2, 0) is 11.8 Å². The van der Waals surface area contributed by atoms with Crippen LogP contribution in [0.2, 0.25) is 0 Å². The number of fused-ring (bicyclic) bond motifs is 7. The van der Waals surface area contributed by atoms with Crippen molar-refractivity contribution in [3.8, 4) is 50.7 Å². The zero-order valence-electron chi connectivity index (χ0n) is 45.2. The molecule has 0 fully saturated rings. The zero-order chi connectivity index (χ0) is 53.5. The number of para-hydroxylation sites is 3. The van der Waals surface area contributed by atoms with Gasteiger partial charge in [0.15, 0.2) is 0 Å². The Morgan fingerprint density at radius 1 is 0.481 bits per heavy atom. The predicted molar refractivity (Wildman–Crippen MR) is 318 cm³/mol. The summed E-state index contributed by atoms with van der Waals surface area (Å²) in [4.78, 5) is 9.91. The fraction of sp³-hybridized carbons (Fsp3) is 0.0972. The Labute approximate surface area is 453 Å². The Morgan fingerprint density at radius 2 is 1.05 bits per heavy atom. The number of benzene rings is 10. The molecule has 1 aliphatic heterocycles. The van der Waals surface area contributed by atoms with Crippen molar-refractivity contribution in [2.24, 2.45) is 5.41 Å². The maximum atomic E-state index is 9.53. The number of hydrogen-bond donors (Lipinski definition) is 0. The van der Waals surface area contributed by atoms with E-state index in [-0.39, 0.29) is 0 Å². The van der Waals surface area contributed by atoms with Gasteiger partial charge in [0.25, 0.3) is 0 Å². The summed E-state index contributed by atoms with van der Waals surface area (Å²) in [5.41, 5.74) is 17.0. The lowest BCUT2D eigenvalue weighted by Gasteiger charge is -2.34. The van der Waals surface area contributed by atoms with Gasteiger partial charge in [-0.05, 0) is 129 Å². The Hall–Kier alpha value is -9.45. The molecule has 12 aromatic rings. The molecule has 10 aromatic carbocycles. The van der Waals surface area contributed by atoms with Gasteiger partial charge in [-0.15, -0.1) is 0 Å². The lowest BCUT2D eigenvalue weighted by Crippen LogP contribution is -2.28. The van der Waals surface area contributed by atoms with Crippen LogP contribution in [0, 0.1) is 5.41 Å². The molecule has 2 aromatic heterocycles. The third kappa shape index (κ3) is 7.80. The van der Waals surface area contributed by atoms with Crippen molar-refractivity contribution in [3.63, 3.8) is 0 Å². The van der Waals surface area contributed by atoms with Gasteiger partial charge in [-0.1, -0.05) is 197 Å². The smallest absolute Gasteiger partial charge is 0.137 e. The second kappa shape index (κ2) is 18.4. The second-order valence-electron chi connectivity index (χ2n) is 21.3. The summed E-state index contributed by atoms with van der Waals surface area (Å²) >= 11 is 0. The minimum absolute atomic E-state index is 0.509. The monoisotopic (exact) mass is 994 g/mol. The van der Waals surface area contributed by atoms with Gasteiger partial charge < -0.3 is 14.5 Å². The summed E-state index contributed by atoms with van der Waals surface area (Å²) in [6.07, 6.45) is 0.342. The molecule has 3 heterocycles. The maximum absolute atomic E-state index is 9.53. The van der Waals surface area contributed by atoms with Crippen molar-refractivity contribution in [2.45, 2.75) is 32.6 Å². The van der Waals surface area contributed by atoms with Gasteiger partial charge in [0.05, 0.1) is 33.5 Å². The molecule has 1 aliphatic carbocycles. The molecule has 5 nitrogen and oxygen atoms in total. The molecular weight excluding hydrogens is 937 g/mol. The Bertz CT molecular complexity index is 4190. The molecular formula is C72H56N4O. The first-order valence-corrected chi connectivity index (χ1v) is 26.5. The first-order chi connectivity index (χ1) is 38.6. The second-order valence-corrected chi connectivity index (χ2v) is 21.3. The van der Waals surface area contributed by atoms with E-state index in [1.165, 1.54) is 27.8 Å². The first-order valence-electron chi connectivity index (χ1n) is 27.5. The van der Waals surface area contributed by atoms with Crippen molar-refractivity contribution in [1.82, 2.24) is 9.55 Å². The molecule has 0 radical (unpaired) electrons. The van der Waals surface area contributed by atoms with Crippen molar-refractivity contribution >= 4 is 44.6 Å². The van der Waals surface area contributed by atoms with Crippen LogP contribution in [0.5, 0.6) is 11.5 Å². The molecule has 0 amide bonds. The van der Waals surface area contributed by atoms with Gasteiger partial charge >= 0.3 is 0 Å². The third-order valence-electron chi connectivity index (χ3n) is 15.4. The summed E-state index contributed by atoms with van der Waals surface area (Å²) in [6.45, 7) is 6.44. The number of rotatable bonds is 10. The van der Waals surface area contributed by atoms with Gasteiger partial charge in [-0.3, -0.25) is 4.57 Å². The minimum atomic E-state index is -1.63. The lowest BCUT2D eigenvalue weighted by molar-refractivity contribution is 0.411. The molecule has 77 heavy (non-hydrogen) atoms. The van der Waals surface area contributed by atoms with Crippen LogP contribution < -0.4 is 14.5 Å². The van der Waals surface area contributed by atoms with E-state index < -0.39 is 17.2 Å². The summed E-state index contributed by atoms with van der Waals surface area (Å²) in [5, 5.41) is 2.25. The minimum Gasteiger partial charge on any atom is -0.457 e. The van der Waals surface area contributed by atoms with E-state index in [1.54, 1.807) is 0 Å². The highest BCUT2D eigenvalue weighted by Crippen LogP contribution is 2.57. The van der Waals surface area contributed by atoms with Gasteiger partial charge in [0.1, 0.15) is 24.0 Å². The standard InChI is InChI=1S/C72H56N4O/c1-71(2,3)47-49-42-61(50-22-7-4-8-23-50)70(62(43-49)51-24-9-5-10-25-51)75-48-74(66-36-19-20-37-67(66)75)54-28-21-29-55(45-54)77-56-38-39-60-59-32-15-18-35-65(59)76(68(60)46-56)69-44-53(40-41-73-69)72(52-26-11-6-12-27-52)63-33-16-13-30-57(63)58-31-14-17-34-64(58)72/h4-46H,47-48H2,1-3H3/i47D2. The van der Waals surface area contributed by atoms with Crippen molar-refractivity contribution < 1.29 is 7.48 Å². The SMILES string of the molecule is [2H]C([2H])(c1cc(-c2ccccc2)c(N2CN(c3cccc(Oc4ccc5c6ccccc6n(-c6cc(C7(c8ccccc8)c8ccccc8-c8ccccc87)ccn6)c5c4)c3)c3ccccc32)c(-c2ccccc2)c1)C(C)(C)C. The molecule has 2 aliphatic rings. The normalized spacial score (nSPS) is 14.0. The molecule has 0 N–H and O–H groups in total. The van der Waals surface area contributed by atoms with Gasteiger partial charge in [-0.2, -0.15) is 0 Å². The van der Waals surface area contributed by atoms with E-state index >= 15 is 0 Å². The number of aromatic nitrogens is 2. The predicted octanol–water partition coefficient (Wildman–Crippen LogP) is 18.5. The lowest BCUT2D eigenvalue weighted by atomic mass is 9.68. The molecule has 14 rings (SSSR count). The van der Waals surface area contributed by atoms with Crippen LogP contribution in [0.4, 0.5) is 22.7 Å². The molecule has 0 unspecified atom stereocenters. The van der Waals surface area contributed by atoms with Gasteiger partial charge in [-0.25, -0.2) is 4.98 Å². The summed E-state index contributed by atoms with van der Waals surface area (Å²) in [7, 11) is 0. The quantitative estimate of drug-likeness (QED) is 0.137. The van der Waals surface area contributed by atoms with Crippen molar-refractivity contribution in [2.75, 3.05) is 16.5 Å². The van der Waals surface area contributed by atoms with E-state index in [0.29, 0.717) is 23.7 Å². The van der Waals surface area contributed by atoms with E-state index in [9.17, 15) is 2.74 Å². The largest absolute Gasteiger partial charge is 0.457 e. The molecule has 5 heteroatoms. The summed E-state index contributed by atoms with van der Waals surface area (Å²) in [5.74, 6) is 2.25. The fourth-order valence-electron chi connectivity index (χ4n) is 12.3. The molecule has 0 saturated heterocycles. The average molecular weight is 995 g/mol. The van der Waals surface area contributed by atoms with Crippen LogP contribution in [-0.4, -0.2) is 16.2 Å². The Morgan fingerprint density at radius 3 is 1.73 bits per heavy atom. The summed E-state index contributed by atoms with van der Waals surface area (Å²) in [6, 6.07) is 90.0. The molecule has 370 valence electrons. The maximum Gasteiger partial charge on any atom is 0.137 e. The topological polar surface area (TPSA) is 33.5 Å². The number of ether oxygens (including phenoxy) is 1. The zero-order valence-corrected chi connectivity index (χ0v) is 43.2. The highest BCUT2D eigenvalue weighted by atomic mass is 16.5. The number of pyridine rings is 1. The van der Waals surface area contributed by atoms with Crippen LogP contribution in [0.15, 0.2) is 261 Å². The van der Waals surface area contributed by atoms with E-state index in [1.807, 2.05) is 45.2 Å².